The minimum Gasteiger partial charge on any atom is -0.379 e. The van der Waals surface area contributed by atoms with Crippen molar-refractivity contribution in [1.29, 1.82) is 0 Å². The molecule has 2 aromatic rings. The third-order valence-electron chi connectivity index (χ3n) is 6.48. The number of hydrogen-bond donors (Lipinski definition) is 1. The average molecular weight is 476 g/mol. The minimum atomic E-state index is -3.63. The third-order valence-corrected chi connectivity index (χ3v) is 8.25. The van der Waals surface area contributed by atoms with Crippen LogP contribution in [0.2, 0.25) is 0 Å². The Morgan fingerprint density at radius 3 is 2.52 bits per heavy atom. The first kappa shape index (κ1) is 23.9. The molecule has 0 atom stereocenters. The zero-order valence-electron chi connectivity index (χ0n) is 19.4. The number of nitrogens with one attached hydrogen (secondary N) is 1. The Kier molecular flexibility index (Phi) is 7.48. The van der Waals surface area contributed by atoms with E-state index in [1.165, 1.54) is 16.1 Å². The fraction of sp³-hybridized carbons (Fsp3) is 0.565. The van der Waals surface area contributed by atoms with Gasteiger partial charge in [-0.05, 0) is 30.9 Å². The van der Waals surface area contributed by atoms with E-state index in [0.29, 0.717) is 38.3 Å². The van der Waals surface area contributed by atoms with Gasteiger partial charge in [0.25, 0.3) is 10.0 Å². The maximum absolute atomic E-state index is 12.9. The minimum absolute atomic E-state index is 0.0145. The number of benzene rings is 1. The van der Waals surface area contributed by atoms with Crippen LogP contribution in [0.15, 0.2) is 35.5 Å². The van der Waals surface area contributed by atoms with Gasteiger partial charge in [0.05, 0.1) is 13.2 Å². The van der Waals surface area contributed by atoms with Gasteiger partial charge in [0.15, 0.2) is 5.03 Å². The van der Waals surface area contributed by atoms with Gasteiger partial charge in [0, 0.05) is 58.4 Å². The van der Waals surface area contributed by atoms with Crippen molar-refractivity contribution < 1.29 is 17.9 Å². The number of rotatable bonds is 7. The molecule has 9 nitrogen and oxygen atoms in total. The molecule has 4 rings (SSSR count). The number of piperidine rings is 1. The van der Waals surface area contributed by atoms with Crippen molar-refractivity contribution in [1.82, 2.24) is 24.1 Å². The van der Waals surface area contributed by atoms with E-state index in [9.17, 15) is 13.2 Å². The van der Waals surface area contributed by atoms with Crippen LogP contribution in [0, 0.1) is 12.8 Å². The topological polar surface area (TPSA) is 96.8 Å². The summed E-state index contributed by atoms with van der Waals surface area (Å²) in [6.45, 7) is 7.21. The van der Waals surface area contributed by atoms with E-state index in [0.717, 1.165) is 38.4 Å². The average Bonchev–Trinajstić information content (AvgIpc) is 3.17. The van der Waals surface area contributed by atoms with E-state index < -0.39 is 10.0 Å². The van der Waals surface area contributed by atoms with Gasteiger partial charge >= 0.3 is 0 Å². The second-order valence-corrected chi connectivity index (χ2v) is 10.7. The molecule has 3 heterocycles. The SMILES string of the molecule is Cc1nc(S(=O)(=O)N2CCC(C(=O)NCc3cccc(CN4CCOCC4)c3)CC2)cn1C. The van der Waals surface area contributed by atoms with Crippen molar-refractivity contribution in [2.45, 2.75) is 37.9 Å². The molecule has 2 fully saturated rings. The Balaban J connectivity index is 1.27. The first-order valence-corrected chi connectivity index (χ1v) is 12.9. The van der Waals surface area contributed by atoms with Crippen molar-refractivity contribution in [3.63, 3.8) is 0 Å². The number of carbonyl (C=O) groups excluding carboxylic acids is 1. The lowest BCUT2D eigenvalue weighted by Gasteiger charge is -2.30. The Morgan fingerprint density at radius 2 is 1.85 bits per heavy atom. The van der Waals surface area contributed by atoms with E-state index in [1.807, 2.05) is 12.1 Å². The van der Waals surface area contributed by atoms with Crippen molar-refractivity contribution in [2.75, 3.05) is 39.4 Å². The lowest BCUT2D eigenvalue weighted by Crippen LogP contribution is -2.43. The van der Waals surface area contributed by atoms with E-state index in [-0.39, 0.29) is 16.9 Å². The number of aromatic nitrogens is 2. The quantitative estimate of drug-likeness (QED) is 0.648. The molecule has 0 aliphatic carbocycles. The standard InChI is InChI=1S/C23H33N5O4S/c1-18-25-22(17-26(18)2)33(30,31)28-8-6-21(7-9-28)23(29)24-15-19-4-3-5-20(14-19)16-27-10-12-32-13-11-27/h3-5,14,17,21H,6-13,15-16H2,1-2H3,(H,24,29). The maximum Gasteiger partial charge on any atom is 0.262 e. The summed E-state index contributed by atoms with van der Waals surface area (Å²) in [5.74, 6) is 0.453. The largest absolute Gasteiger partial charge is 0.379 e. The first-order chi connectivity index (χ1) is 15.8. The van der Waals surface area contributed by atoms with Crippen LogP contribution in [0.1, 0.15) is 29.8 Å². The molecule has 2 saturated heterocycles. The molecule has 1 aromatic heterocycles. The summed E-state index contributed by atoms with van der Waals surface area (Å²) in [4.78, 5) is 19.3. The fourth-order valence-corrected chi connectivity index (χ4v) is 5.83. The summed E-state index contributed by atoms with van der Waals surface area (Å²) in [5, 5.41) is 3.11. The van der Waals surface area contributed by atoms with E-state index in [2.05, 4.69) is 27.3 Å². The number of ether oxygens (including phenoxy) is 1. The van der Waals surface area contributed by atoms with Crippen LogP contribution in [0.5, 0.6) is 0 Å². The molecular formula is C23H33N5O4S. The summed E-state index contributed by atoms with van der Waals surface area (Å²) in [6.07, 6.45) is 2.55. The highest BCUT2D eigenvalue weighted by molar-refractivity contribution is 7.89. The number of morpholine rings is 1. The van der Waals surface area contributed by atoms with E-state index in [1.54, 1.807) is 18.5 Å². The monoisotopic (exact) mass is 475 g/mol. The predicted molar refractivity (Wildman–Crippen MR) is 124 cm³/mol. The molecule has 0 radical (unpaired) electrons. The van der Waals surface area contributed by atoms with Crippen molar-refractivity contribution in [3.05, 3.63) is 47.4 Å². The zero-order valence-corrected chi connectivity index (χ0v) is 20.2. The molecule has 180 valence electrons. The van der Waals surface area contributed by atoms with Gasteiger partial charge in [-0.1, -0.05) is 24.3 Å². The van der Waals surface area contributed by atoms with Crippen LogP contribution in [0.25, 0.3) is 0 Å². The number of amides is 1. The Bertz CT molecular complexity index is 1050. The van der Waals surface area contributed by atoms with Crippen LogP contribution in [-0.4, -0.2) is 72.5 Å². The fourth-order valence-electron chi connectivity index (χ4n) is 4.33. The van der Waals surface area contributed by atoms with Crippen LogP contribution < -0.4 is 5.32 Å². The molecule has 0 spiro atoms. The summed E-state index contributed by atoms with van der Waals surface area (Å²) in [5.41, 5.74) is 2.30. The molecule has 33 heavy (non-hydrogen) atoms. The van der Waals surface area contributed by atoms with Gasteiger partial charge in [-0.15, -0.1) is 0 Å². The molecule has 0 saturated carbocycles. The highest BCUT2D eigenvalue weighted by Crippen LogP contribution is 2.23. The number of carbonyl (C=O) groups is 1. The lowest BCUT2D eigenvalue weighted by atomic mass is 9.97. The number of sulfonamides is 1. The predicted octanol–water partition coefficient (Wildman–Crippen LogP) is 1.28. The third kappa shape index (κ3) is 5.81. The number of nitrogens with zero attached hydrogens (tertiary/aromatic N) is 4. The molecule has 10 heteroatoms. The molecule has 2 aliphatic rings. The molecule has 1 N–H and O–H groups in total. The van der Waals surface area contributed by atoms with Crippen molar-refractivity contribution >= 4 is 15.9 Å². The summed E-state index contributed by atoms with van der Waals surface area (Å²) in [7, 11) is -1.85. The van der Waals surface area contributed by atoms with Gasteiger partial charge in [-0.3, -0.25) is 9.69 Å². The van der Waals surface area contributed by atoms with Gasteiger partial charge in [-0.25, -0.2) is 13.4 Å². The van der Waals surface area contributed by atoms with Gasteiger partial charge in [0.1, 0.15) is 5.82 Å². The molecule has 0 bridgehead atoms. The van der Waals surface area contributed by atoms with Crippen LogP contribution in [0.3, 0.4) is 0 Å². The van der Waals surface area contributed by atoms with Crippen LogP contribution >= 0.6 is 0 Å². The van der Waals surface area contributed by atoms with Crippen LogP contribution in [0.4, 0.5) is 0 Å². The lowest BCUT2D eigenvalue weighted by molar-refractivity contribution is -0.126. The van der Waals surface area contributed by atoms with Crippen molar-refractivity contribution in [2.24, 2.45) is 13.0 Å². The Morgan fingerprint density at radius 1 is 1.15 bits per heavy atom. The summed E-state index contributed by atoms with van der Waals surface area (Å²) in [6, 6.07) is 8.30. The van der Waals surface area contributed by atoms with E-state index >= 15 is 0 Å². The van der Waals surface area contributed by atoms with E-state index in [4.69, 9.17) is 4.74 Å². The van der Waals surface area contributed by atoms with Gasteiger partial charge < -0.3 is 14.6 Å². The second-order valence-electron chi connectivity index (χ2n) is 8.84. The highest BCUT2D eigenvalue weighted by atomic mass is 32.2. The van der Waals surface area contributed by atoms with Gasteiger partial charge in [-0.2, -0.15) is 4.31 Å². The molecular weight excluding hydrogens is 442 g/mol. The summed E-state index contributed by atoms with van der Waals surface area (Å²) >= 11 is 0. The molecule has 0 unspecified atom stereocenters. The van der Waals surface area contributed by atoms with Crippen LogP contribution in [-0.2, 0) is 39.7 Å². The molecule has 1 amide bonds. The molecule has 1 aromatic carbocycles. The molecule has 2 aliphatic heterocycles. The summed E-state index contributed by atoms with van der Waals surface area (Å²) < 4.78 is 34.3. The highest BCUT2D eigenvalue weighted by Gasteiger charge is 2.33. The normalized spacial score (nSPS) is 19.0. The second kappa shape index (κ2) is 10.3. The number of hydrogen-bond acceptors (Lipinski definition) is 6. The maximum atomic E-state index is 12.9. The Hall–Kier alpha value is -2.27. The number of aryl methyl sites for hydroxylation is 2. The van der Waals surface area contributed by atoms with Gasteiger partial charge in [0.2, 0.25) is 5.91 Å². The zero-order chi connectivity index (χ0) is 23.4. The van der Waals surface area contributed by atoms with Crippen molar-refractivity contribution in [3.8, 4) is 0 Å². The number of imidazole rings is 1. The first-order valence-electron chi connectivity index (χ1n) is 11.5. The smallest absolute Gasteiger partial charge is 0.262 e. The Labute approximate surface area is 195 Å².